The second-order valence-electron chi connectivity index (χ2n) is 5.41. The van der Waals surface area contributed by atoms with Crippen molar-refractivity contribution in [1.82, 2.24) is 4.98 Å². The maximum Gasteiger partial charge on any atom is 0.250 e. The van der Waals surface area contributed by atoms with Crippen LogP contribution in [0.5, 0.6) is 17.2 Å². The molecule has 0 unspecified atom stereocenters. The first-order valence-corrected chi connectivity index (χ1v) is 9.50. The minimum Gasteiger partial charge on any atom is -0.497 e. The number of hydrogen-bond acceptors (Lipinski definition) is 6. The molecule has 0 aliphatic rings. The molecule has 0 saturated carbocycles. The number of nitrogens with zero attached hydrogens (tertiary/aromatic N) is 1. The van der Waals surface area contributed by atoms with E-state index in [1.165, 1.54) is 17.4 Å². The SMILES string of the molecule is COc1ccc2nc(NC(=O)/C=C/c3cc(Br)c(OC)c(OC)c3)sc2c1. The molecule has 1 amide bonds. The van der Waals surface area contributed by atoms with Gasteiger partial charge in [0.2, 0.25) is 5.91 Å². The van der Waals surface area contributed by atoms with Crippen LogP contribution in [-0.4, -0.2) is 32.2 Å². The van der Waals surface area contributed by atoms with Crippen LogP contribution in [0.4, 0.5) is 5.13 Å². The van der Waals surface area contributed by atoms with Crippen LogP contribution in [-0.2, 0) is 4.79 Å². The Kier molecular flexibility index (Phi) is 5.98. The van der Waals surface area contributed by atoms with Gasteiger partial charge in [0, 0.05) is 6.08 Å². The first-order chi connectivity index (χ1) is 13.0. The predicted molar refractivity (Wildman–Crippen MR) is 111 cm³/mol. The van der Waals surface area contributed by atoms with Gasteiger partial charge in [-0.05, 0) is 57.9 Å². The van der Waals surface area contributed by atoms with E-state index in [1.807, 2.05) is 24.3 Å². The summed E-state index contributed by atoms with van der Waals surface area (Å²) in [4.78, 5) is 16.6. The average molecular weight is 449 g/mol. The van der Waals surface area contributed by atoms with Crippen molar-refractivity contribution in [3.05, 3.63) is 46.4 Å². The van der Waals surface area contributed by atoms with Gasteiger partial charge < -0.3 is 14.2 Å². The molecule has 0 spiro atoms. The summed E-state index contributed by atoms with van der Waals surface area (Å²) in [5.41, 5.74) is 1.60. The fourth-order valence-corrected chi connectivity index (χ4v) is 3.96. The summed E-state index contributed by atoms with van der Waals surface area (Å²) in [6, 6.07) is 9.21. The molecular weight excluding hydrogens is 432 g/mol. The Morgan fingerprint density at radius 2 is 1.96 bits per heavy atom. The Labute approximate surface area is 168 Å². The van der Waals surface area contributed by atoms with E-state index in [9.17, 15) is 4.79 Å². The Morgan fingerprint density at radius 1 is 1.15 bits per heavy atom. The van der Waals surface area contributed by atoms with E-state index in [4.69, 9.17) is 14.2 Å². The number of benzene rings is 2. The summed E-state index contributed by atoms with van der Waals surface area (Å²) < 4.78 is 17.5. The standard InChI is InChI=1S/C19H17BrN2O4S/c1-24-12-5-6-14-16(10-12)27-19(21-14)22-17(23)7-4-11-8-13(20)18(26-3)15(9-11)25-2/h4-10H,1-3H3,(H,21,22,23)/b7-4+. The number of methoxy groups -OCH3 is 3. The van der Waals surface area contributed by atoms with Crippen LogP contribution in [0.3, 0.4) is 0 Å². The lowest BCUT2D eigenvalue weighted by atomic mass is 10.2. The van der Waals surface area contributed by atoms with Gasteiger partial charge >= 0.3 is 0 Å². The quantitative estimate of drug-likeness (QED) is 0.551. The van der Waals surface area contributed by atoms with E-state index in [2.05, 4.69) is 26.2 Å². The molecule has 1 aromatic heterocycles. The van der Waals surface area contributed by atoms with E-state index in [0.29, 0.717) is 16.6 Å². The molecule has 0 saturated heterocycles. The second-order valence-corrected chi connectivity index (χ2v) is 7.30. The molecule has 8 heteroatoms. The molecule has 0 bridgehead atoms. The van der Waals surface area contributed by atoms with Gasteiger partial charge in [0.25, 0.3) is 0 Å². The van der Waals surface area contributed by atoms with Gasteiger partial charge in [-0.2, -0.15) is 0 Å². The van der Waals surface area contributed by atoms with Gasteiger partial charge in [-0.1, -0.05) is 11.3 Å². The number of nitrogens with one attached hydrogen (secondary N) is 1. The van der Waals surface area contributed by atoms with Crippen molar-refractivity contribution < 1.29 is 19.0 Å². The van der Waals surface area contributed by atoms with Crippen LogP contribution < -0.4 is 19.5 Å². The molecule has 0 radical (unpaired) electrons. The van der Waals surface area contributed by atoms with Crippen molar-refractivity contribution in [3.8, 4) is 17.2 Å². The number of aromatic nitrogens is 1. The molecule has 1 N–H and O–H groups in total. The molecule has 3 aromatic rings. The van der Waals surface area contributed by atoms with Gasteiger partial charge in [-0.3, -0.25) is 10.1 Å². The minimum absolute atomic E-state index is 0.271. The van der Waals surface area contributed by atoms with E-state index in [-0.39, 0.29) is 5.91 Å². The van der Waals surface area contributed by atoms with Crippen molar-refractivity contribution in [2.75, 3.05) is 26.6 Å². The molecule has 140 valence electrons. The number of amides is 1. The highest BCUT2D eigenvalue weighted by molar-refractivity contribution is 9.10. The average Bonchev–Trinajstić information content (AvgIpc) is 3.06. The molecule has 6 nitrogen and oxygen atoms in total. The maximum atomic E-state index is 12.2. The lowest BCUT2D eigenvalue weighted by Gasteiger charge is -2.10. The van der Waals surface area contributed by atoms with Crippen LogP contribution in [0.15, 0.2) is 40.9 Å². The van der Waals surface area contributed by atoms with E-state index in [1.54, 1.807) is 33.5 Å². The third kappa shape index (κ3) is 4.40. The number of halogens is 1. The largest absolute Gasteiger partial charge is 0.497 e. The van der Waals surface area contributed by atoms with E-state index < -0.39 is 0 Å². The van der Waals surface area contributed by atoms with Crippen LogP contribution in [0, 0.1) is 0 Å². The van der Waals surface area contributed by atoms with Crippen molar-refractivity contribution in [1.29, 1.82) is 0 Å². The fraction of sp³-hybridized carbons (Fsp3) is 0.158. The monoisotopic (exact) mass is 448 g/mol. The summed E-state index contributed by atoms with van der Waals surface area (Å²) >= 11 is 4.82. The van der Waals surface area contributed by atoms with Crippen LogP contribution in [0.1, 0.15) is 5.56 Å². The van der Waals surface area contributed by atoms with Crippen LogP contribution in [0.2, 0.25) is 0 Å². The van der Waals surface area contributed by atoms with Gasteiger partial charge in [0.1, 0.15) is 5.75 Å². The molecule has 2 aromatic carbocycles. The number of carbonyl (C=O) groups is 1. The highest BCUT2D eigenvalue weighted by Gasteiger charge is 2.10. The third-order valence-corrected chi connectivity index (χ3v) is 5.23. The third-order valence-electron chi connectivity index (χ3n) is 3.71. The number of fused-ring (bicyclic) bond motifs is 1. The Balaban J connectivity index is 1.75. The lowest BCUT2D eigenvalue weighted by Crippen LogP contribution is -2.07. The van der Waals surface area contributed by atoms with Crippen LogP contribution in [0.25, 0.3) is 16.3 Å². The summed E-state index contributed by atoms with van der Waals surface area (Å²) in [7, 11) is 4.74. The zero-order valence-electron chi connectivity index (χ0n) is 14.9. The van der Waals surface area contributed by atoms with Crippen molar-refractivity contribution in [2.24, 2.45) is 0 Å². The Morgan fingerprint density at radius 3 is 2.67 bits per heavy atom. The molecule has 0 aliphatic heterocycles. The molecule has 0 aliphatic carbocycles. The molecule has 3 rings (SSSR count). The summed E-state index contributed by atoms with van der Waals surface area (Å²) in [5.74, 6) is 1.66. The predicted octanol–water partition coefficient (Wildman–Crippen LogP) is 4.74. The van der Waals surface area contributed by atoms with Gasteiger partial charge in [-0.15, -0.1) is 0 Å². The zero-order valence-corrected chi connectivity index (χ0v) is 17.3. The lowest BCUT2D eigenvalue weighted by molar-refractivity contribution is -0.111. The smallest absolute Gasteiger partial charge is 0.250 e. The number of anilines is 1. The summed E-state index contributed by atoms with van der Waals surface area (Å²) in [6.07, 6.45) is 3.14. The highest BCUT2D eigenvalue weighted by Crippen LogP contribution is 2.36. The van der Waals surface area contributed by atoms with Crippen LogP contribution >= 0.6 is 27.3 Å². The van der Waals surface area contributed by atoms with Crippen molar-refractivity contribution in [3.63, 3.8) is 0 Å². The van der Waals surface area contributed by atoms with E-state index in [0.717, 1.165) is 26.0 Å². The fourth-order valence-electron chi connectivity index (χ4n) is 2.44. The number of rotatable bonds is 6. The van der Waals surface area contributed by atoms with E-state index >= 15 is 0 Å². The first-order valence-electron chi connectivity index (χ1n) is 7.89. The number of hydrogen-bond donors (Lipinski definition) is 1. The molecule has 1 heterocycles. The van der Waals surface area contributed by atoms with Gasteiger partial charge in [-0.25, -0.2) is 4.98 Å². The maximum absolute atomic E-state index is 12.2. The zero-order chi connectivity index (χ0) is 19.4. The van der Waals surface area contributed by atoms with Gasteiger partial charge in [0.15, 0.2) is 16.6 Å². The molecule has 27 heavy (non-hydrogen) atoms. The normalized spacial score (nSPS) is 11.0. The topological polar surface area (TPSA) is 69.7 Å². The van der Waals surface area contributed by atoms with Crippen molar-refractivity contribution in [2.45, 2.75) is 0 Å². The summed E-state index contributed by atoms with van der Waals surface area (Å²) in [5, 5.41) is 3.31. The number of ether oxygens (including phenoxy) is 3. The Hall–Kier alpha value is -2.58. The first kappa shape index (κ1) is 19.2. The van der Waals surface area contributed by atoms with Gasteiger partial charge in [0.05, 0.1) is 36.0 Å². The number of carbonyl (C=O) groups excluding carboxylic acids is 1. The number of thiazole rings is 1. The molecule has 0 fully saturated rings. The molecular formula is C19H17BrN2O4S. The second kappa shape index (κ2) is 8.41. The minimum atomic E-state index is -0.271. The molecule has 0 atom stereocenters. The summed E-state index contributed by atoms with van der Waals surface area (Å²) in [6.45, 7) is 0. The Bertz CT molecular complexity index is 1020. The van der Waals surface area contributed by atoms with Crippen molar-refractivity contribution >= 4 is 54.6 Å². The highest BCUT2D eigenvalue weighted by atomic mass is 79.9.